The highest BCUT2D eigenvalue weighted by Crippen LogP contribution is 2.13. The first-order chi connectivity index (χ1) is 12.1. The van der Waals surface area contributed by atoms with Crippen LogP contribution in [-0.4, -0.2) is 38.4 Å². The van der Waals surface area contributed by atoms with Gasteiger partial charge < -0.3 is 18.9 Å². The number of carbonyl (C=O) groups is 3. The summed E-state index contributed by atoms with van der Waals surface area (Å²) >= 11 is 0. The van der Waals surface area contributed by atoms with Gasteiger partial charge in [-0.15, -0.1) is 0 Å². The van der Waals surface area contributed by atoms with E-state index >= 15 is 0 Å². The lowest BCUT2D eigenvalue weighted by Gasteiger charge is -2.06. The minimum atomic E-state index is -0.800. The second-order valence-electron chi connectivity index (χ2n) is 5.00. The van der Waals surface area contributed by atoms with Crippen molar-refractivity contribution in [1.29, 1.82) is 0 Å². The molecule has 0 aromatic heterocycles. The molecule has 0 amide bonds. The van der Waals surface area contributed by atoms with Gasteiger partial charge in [-0.3, -0.25) is 0 Å². The highest BCUT2D eigenvalue weighted by atomic mass is 16.7. The number of ether oxygens (including phenoxy) is 4. The molecule has 0 unspecified atom stereocenters. The summed E-state index contributed by atoms with van der Waals surface area (Å²) in [5.41, 5.74) is 0.363. The number of benzene rings is 1. The van der Waals surface area contributed by atoms with Crippen molar-refractivity contribution in [1.82, 2.24) is 0 Å². The molecule has 0 saturated heterocycles. The van der Waals surface area contributed by atoms with E-state index < -0.39 is 18.1 Å². The third kappa shape index (κ3) is 8.55. The first-order valence-electron chi connectivity index (χ1n) is 7.89. The van der Waals surface area contributed by atoms with Crippen LogP contribution in [0.3, 0.4) is 0 Å². The number of esters is 2. The van der Waals surface area contributed by atoms with E-state index in [1.54, 1.807) is 0 Å². The van der Waals surface area contributed by atoms with Gasteiger partial charge in [0.1, 0.15) is 5.75 Å². The smallest absolute Gasteiger partial charge is 0.465 e. The Morgan fingerprint density at radius 1 is 0.960 bits per heavy atom. The van der Waals surface area contributed by atoms with Crippen molar-refractivity contribution in [3.63, 3.8) is 0 Å². The van der Waals surface area contributed by atoms with E-state index in [0.29, 0.717) is 18.6 Å². The molecule has 1 aromatic rings. The summed E-state index contributed by atoms with van der Waals surface area (Å²) in [5.74, 6) is -0.610. The molecule has 0 aliphatic heterocycles. The fraction of sp³-hybridized carbons (Fsp3) is 0.389. The van der Waals surface area contributed by atoms with Crippen LogP contribution < -0.4 is 4.74 Å². The van der Waals surface area contributed by atoms with E-state index in [2.05, 4.69) is 11.3 Å². The normalized spacial score (nSPS) is 9.80. The minimum Gasteiger partial charge on any atom is -0.465 e. The maximum absolute atomic E-state index is 11.5. The number of rotatable bonds is 10. The fourth-order valence-electron chi connectivity index (χ4n) is 1.85. The summed E-state index contributed by atoms with van der Waals surface area (Å²) in [6.07, 6.45) is 3.46. The number of carbonyl (C=O) groups excluding carboxylic acids is 3. The highest BCUT2D eigenvalue weighted by Gasteiger charge is 2.08. The monoisotopic (exact) mass is 350 g/mol. The highest BCUT2D eigenvalue weighted by molar-refractivity contribution is 5.89. The zero-order valence-corrected chi connectivity index (χ0v) is 14.2. The summed E-state index contributed by atoms with van der Waals surface area (Å²) in [6.45, 7) is 3.90. The van der Waals surface area contributed by atoms with Gasteiger partial charge in [0, 0.05) is 6.08 Å². The molecule has 0 aliphatic rings. The summed E-state index contributed by atoms with van der Waals surface area (Å²) in [6, 6.07) is 5.96. The zero-order chi connectivity index (χ0) is 18.5. The van der Waals surface area contributed by atoms with Crippen LogP contribution in [0.15, 0.2) is 36.9 Å². The maximum Gasteiger partial charge on any atom is 0.513 e. The molecule has 0 radical (unpaired) electrons. The molecule has 0 saturated carbocycles. The zero-order valence-electron chi connectivity index (χ0n) is 14.2. The largest absolute Gasteiger partial charge is 0.513 e. The summed E-state index contributed by atoms with van der Waals surface area (Å²) in [5, 5.41) is 0. The Morgan fingerprint density at radius 2 is 1.56 bits per heavy atom. The van der Waals surface area contributed by atoms with Gasteiger partial charge >= 0.3 is 18.1 Å². The summed E-state index contributed by atoms with van der Waals surface area (Å²) in [4.78, 5) is 33.6. The predicted octanol–water partition coefficient (Wildman–Crippen LogP) is 3.28. The summed E-state index contributed by atoms with van der Waals surface area (Å²) in [7, 11) is 1.29. The van der Waals surface area contributed by atoms with Gasteiger partial charge in [0.2, 0.25) is 0 Å². The SMILES string of the molecule is C=CC(=O)OCCCCCCOC(=O)Oc1ccc(C(=O)OC)cc1. The lowest BCUT2D eigenvalue weighted by molar-refractivity contribution is -0.137. The van der Waals surface area contributed by atoms with Gasteiger partial charge in [0.25, 0.3) is 0 Å². The van der Waals surface area contributed by atoms with Crippen LogP contribution in [0.25, 0.3) is 0 Å². The Balaban J connectivity index is 2.12. The third-order valence-corrected chi connectivity index (χ3v) is 3.15. The van der Waals surface area contributed by atoms with Gasteiger partial charge in [-0.2, -0.15) is 0 Å². The van der Waals surface area contributed by atoms with Crippen molar-refractivity contribution in [2.75, 3.05) is 20.3 Å². The van der Waals surface area contributed by atoms with E-state index in [4.69, 9.17) is 14.2 Å². The third-order valence-electron chi connectivity index (χ3n) is 3.15. The van der Waals surface area contributed by atoms with Crippen LogP contribution in [0.4, 0.5) is 4.79 Å². The molecule has 7 nitrogen and oxygen atoms in total. The Bertz CT molecular complexity index is 578. The molecule has 0 atom stereocenters. The first kappa shape index (κ1) is 20.2. The van der Waals surface area contributed by atoms with Crippen molar-refractivity contribution >= 4 is 18.1 Å². The molecule has 0 N–H and O–H groups in total. The lowest BCUT2D eigenvalue weighted by Crippen LogP contribution is -2.11. The van der Waals surface area contributed by atoms with Crippen LogP contribution in [-0.2, 0) is 19.0 Å². The molecule has 0 bridgehead atoms. The van der Waals surface area contributed by atoms with E-state index in [0.717, 1.165) is 25.3 Å². The number of hydrogen-bond acceptors (Lipinski definition) is 7. The van der Waals surface area contributed by atoms with Crippen molar-refractivity contribution in [2.45, 2.75) is 25.7 Å². The van der Waals surface area contributed by atoms with Gasteiger partial charge in [0.05, 0.1) is 25.9 Å². The molecule has 1 aromatic carbocycles. The molecule has 0 aliphatic carbocycles. The maximum atomic E-state index is 11.5. The standard InChI is InChI=1S/C18H22O7/c1-3-16(19)23-12-6-4-5-7-13-24-18(21)25-15-10-8-14(9-11-15)17(20)22-2/h3,8-11H,1,4-7,12-13H2,2H3. The minimum absolute atomic E-state index is 0.242. The van der Waals surface area contributed by atoms with Crippen LogP contribution >= 0.6 is 0 Å². The molecule has 25 heavy (non-hydrogen) atoms. The topological polar surface area (TPSA) is 88.1 Å². The molecule has 1 rings (SSSR count). The van der Waals surface area contributed by atoms with E-state index in [1.807, 2.05) is 0 Å². The van der Waals surface area contributed by atoms with E-state index in [9.17, 15) is 14.4 Å². The van der Waals surface area contributed by atoms with Crippen LogP contribution in [0.5, 0.6) is 5.75 Å². The second kappa shape index (κ2) is 11.7. The average Bonchev–Trinajstić information content (AvgIpc) is 2.63. The molecular weight excluding hydrogens is 328 g/mol. The molecule has 0 heterocycles. The van der Waals surface area contributed by atoms with Crippen molar-refractivity contribution in [3.05, 3.63) is 42.5 Å². The fourth-order valence-corrected chi connectivity index (χ4v) is 1.85. The van der Waals surface area contributed by atoms with Crippen molar-refractivity contribution in [3.8, 4) is 5.75 Å². The number of methoxy groups -OCH3 is 1. The summed E-state index contributed by atoms with van der Waals surface area (Å²) < 4.78 is 19.4. The Hall–Kier alpha value is -2.83. The first-order valence-corrected chi connectivity index (χ1v) is 7.89. The van der Waals surface area contributed by atoms with E-state index in [1.165, 1.54) is 31.4 Å². The van der Waals surface area contributed by atoms with Crippen LogP contribution in [0.2, 0.25) is 0 Å². The average molecular weight is 350 g/mol. The molecule has 7 heteroatoms. The lowest BCUT2D eigenvalue weighted by atomic mass is 10.2. The molecular formula is C18H22O7. The number of hydrogen-bond donors (Lipinski definition) is 0. The van der Waals surface area contributed by atoms with E-state index in [-0.39, 0.29) is 12.4 Å². The molecule has 136 valence electrons. The number of unbranched alkanes of at least 4 members (excludes halogenated alkanes) is 3. The Labute approximate surface area is 146 Å². The van der Waals surface area contributed by atoms with Crippen LogP contribution in [0.1, 0.15) is 36.0 Å². The molecule has 0 spiro atoms. The second-order valence-corrected chi connectivity index (χ2v) is 5.00. The van der Waals surface area contributed by atoms with Crippen molar-refractivity contribution < 1.29 is 33.3 Å². The molecule has 0 fully saturated rings. The van der Waals surface area contributed by atoms with Gasteiger partial charge in [0.15, 0.2) is 0 Å². The van der Waals surface area contributed by atoms with Crippen LogP contribution in [0, 0.1) is 0 Å². The predicted molar refractivity (Wildman–Crippen MR) is 89.4 cm³/mol. The van der Waals surface area contributed by atoms with Gasteiger partial charge in [-0.05, 0) is 49.9 Å². The van der Waals surface area contributed by atoms with Gasteiger partial charge in [-0.25, -0.2) is 14.4 Å². The Kier molecular flexibility index (Phi) is 9.43. The Morgan fingerprint density at radius 3 is 2.12 bits per heavy atom. The van der Waals surface area contributed by atoms with Gasteiger partial charge in [-0.1, -0.05) is 6.58 Å². The van der Waals surface area contributed by atoms with Crippen molar-refractivity contribution in [2.24, 2.45) is 0 Å². The quantitative estimate of drug-likeness (QED) is 0.210.